The molecule has 0 bridgehead atoms. The first-order valence-corrected chi connectivity index (χ1v) is 7.83. The fourth-order valence-electron chi connectivity index (χ4n) is 2.54. The van der Waals surface area contributed by atoms with Crippen molar-refractivity contribution in [3.05, 3.63) is 28.8 Å². The summed E-state index contributed by atoms with van der Waals surface area (Å²) < 4.78 is 16.2. The van der Waals surface area contributed by atoms with Gasteiger partial charge in [0, 0.05) is 27.8 Å². The Labute approximate surface area is 134 Å². The van der Waals surface area contributed by atoms with Crippen molar-refractivity contribution in [3.8, 4) is 5.75 Å². The molecule has 0 spiro atoms. The molecule has 0 amide bonds. The van der Waals surface area contributed by atoms with Gasteiger partial charge in [-0.3, -0.25) is 0 Å². The molecule has 126 valence electrons. The molecule has 3 atom stereocenters. The third-order valence-corrected chi connectivity index (χ3v) is 4.20. The van der Waals surface area contributed by atoms with E-state index in [1.165, 1.54) is 5.56 Å². The van der Waals surface area contributed by atoms with Crippen molar-refractivity contribution in [2.75, 3.05) is 21.3 Å². The smallest absolute Gasteiger partial charge is 0.119 e. The summed E-state index contributed by atoms with van der Waals surface area (Å²) >= 11 is 0. The van der Waals surface area contributed by atoms with Gasteiger partial charge < -0.3 is 19.3 Å². The Hall–Kier alpha value is -1.10. The number of hydrogen-bond donors (Lipinski definition) is 1. The topological polar surface area (TPSA) is 47.9 Å². The zero-order chi connectivity index (χ0) is 16.7. The third kappa shape index (κ3) is 5.27. The molecule has 0 aliphatic carbocycles. The summed E-state index contributed by atoms with van der Waals surface area (Å²) in [5.41, 5.74) is 3.32. The minimum Gasteiger partial charge on any atom is -0.508 e. The first-order chi connectivity index (χ1) is 10.4. The van der Waals surface area contributed by atoms with E-state index in [2.05, 4.69) is 0 Å². The lowest BCUT2D eigenvalue weighted by molar-refractivity contribution is 0.111. The van der Waals surface area contributed by atoms with E-state index in [1.54, 1.807) is 27.4 Å². The molecule has 0 aliphatic rings. The van der Waals surface area contributed by atoms with Crippen molar-refractivity contribution in [2.45, 2.75) is 58.3 Å². The molecule has 0 saturated heterocycles. The Morgan fingerprint density at radius 2 is 1.23 bits per heavy atom. The quantitative estimate of drug-likeness (QED) is 0.761. The standard InChI is InChI=1S/C18H30O4/c1-12(20-4)9-15-7-8-18(19)17(11-14(3)22-6)16(15)10-13(2)21-5/h7-8,12-14,19H,9-11H2,1-6H3. The molecule has 1 rings (SSSR count). The molecular weight excluding hydrogens is 280 g/mol. The van der Waals surface area contributed by atoms with Gasteiger partial charge in [-0.2, -0.15) is 0 Å². The predicted octanol–water partition coefficient (Wildman–Crippen LogP) is 3.12. The van der Waals surface area contributed by atoms with E-state index in [0.717, 1.165) is 24.0 Å². The number of methoxy groups -OCH3 is 3. The molecule has 1 aromatic carbocycles. The van der Waals surface area contributed by atoms with Crippen LogP contribution in [0.3, 0.4) is 0 Å². The van der Waals surface area contributed by atoms with Gasteiger partial charge in [0.15, 0.2) is 0 Å². The number of aromatic hydroxyl groups is 1. The van der Waals surface area contributed by atoms with E-state index in [1.807, 2.05) is 26.8 Å². The largest absolute Gasteiger partial charge is 0.508 e. The first-order valence-electron chi connectivity index (χ1n) is 7.83. The Bertz CT molecular complexity index is 459. The summed E-state index contributed by atoms with van der Waals surface area (Å²) in [6.45, 7) is 6.10. The van der Waals surface area contributed by atoms with Gasteiger partial charge in [-0.1, -0.05) is 6.07 Å². The maximum atomic E-state index is 10.3. The van der Waals surface area contributed by atoms with E-state index in [4.69, 9.17) is 14.2 Å². The van der Waals surface area contributed by atoms with Crippen LogP contribution < -0.4 is 0 Å². The monoisotopic (exact) mass is 310 g/mol. The summed E-state index contributed by atoms with van der Waals surface area (Å²) in [5, 5.41) is 10.3. The van der Waals surface area contributed by atoms with Crippen LogP contribution in [-0.4, -0.2) is 44.7 Å². The zero-order valence-electron chi connectivity index (χ0n) is 14.7. The van der Waals surface area contributed by atoms with Crippen molar-refractivity contribution in [2.24, 2.45) is 0 Å². The van der Waals surface area contributed by atoms with Gasteiger partial charge in [-0.15, -0.1) is 0 Å². The minimum atomic E-state index is 0.0533. The molecule has 0 fully saturated rings. The average molecular weight is 310 g/mol. The van der Waals surface area contributed by atoms with Crippen molar-refractivity contribution in [3.63, 3.8) is 0 Å². The molecule has 0 radical (unpaired) electrons. The maximum Gasteiger partial charge on any atom is 0.119 e. The highest BCUT2D eigenvalue weighted by molar-refractivity contribution is 5.45. The van der Waals surface area contributed by atoms with Crippen LogP contribution in [0.1, 0.15) is 37.5 Å². The summed E-state index contributed by atoms with van der Waals surface area (Å²) in [6.07, 6.45) is 2.55. The molecule has 1 N–H and O–H groups in total. The number of hydrogen-bond acceptors (Lipinski definition) is 4. The van der Waals surface area contributed by atoms with Crippen molar-refractivity contribution in [1.29, 1.82) is 0 Å². The van der Waals surface area contributed by atoms with Crippen LogP contribution in [0.25, 0.3) is 0 Å². The average Bonchev–Trinajstić information content (AvgIpc) is 2.52. The summed E-state index contributed by atoms with van der Waals surface area (Å²) in [7, 11) is 5.12. The van der Waals surface area contributed by atoms with E-state index in [-0.39, 0.29) is 18.3 Å². The molecule has 0 saturated carbocycles. The zero-order valence-corrected chi connectivity index (χ0v) is 14.7. The SMILES string of the molecule is COC(C)Cc1ccc(O)c(CC(C)OC)c1CC(C)OC. The fraction of sp³-hybridized carbons (Fsp3) is 0.667. The van der Waals surface area contributed by atoms with Gasteiger partial charge in [-0.05, 0) is 56.4 Å². The fourth-order valence-corrected chi connectivity index (χ4v) is 2.54. The van der Waals surface area contributed by atoms with Crippen LogP contribution in [0.4, 0.5) is 0 Å². The van der Waals surface area contributed by atoms with E-state index in [0.29, 0.717) is 12.2 Å². The molecule has 4 nitrogen and oxygen atoms in total. The molecule has 0 aromatic heterocycles. The molecule has 1 aromatic rings. The molecule has 0 heterocycles. The normalized spacial score (nSPS) is 15.5. The lowest BCUT2D eigenvalue weighted by Crippen LogP contribution is -2.18. The van der Waals surface area contributed by atoms with Gasteiger partial charge in [0.1, 0.15) is 5.75 Å². The van der Waals surface area contributed by atoms with Crippen LogP contribution in [0.2, 0.25) is 0 Å². The number of benzene rings is 1. The highest BCUT2D eigenvalue weighted by Gasteiger charge is 2.18. The summed E-state index contributed by atoms with van der Waals surface area (Å²) in [4.78, 5) is 0. The second kappa shape index (κ2) is 9.13. The van der Waals surface area contributed by atoms with Crippen LogP contribution >= 0.6 is 0 Å². The van der Waals surface area contributed by atoms with Gasteiger partial charge in [0.2, 0.25) is 0 Å². The second-order valence-electron chi connectivity index (χ2n) is 5.95. The molecule has 0 aliphatic heterocycles. The van der Waals surface area contributed by atoms with Crippen LogP contribution in [-0.2, 0) is 33.5 Å². The predicted molar refractivity (Wildman–Crippen MR) is 88.6 cm³/mol. The lowest BCUT2D eigenvalue weighted by Gasteiger charge is -2.22. The molecular formula is C18H30O4. The van der Waals surface area contributed by atoms with Crippen LogP contribution in [0, 0.1) is 0 Å². The maximum absolute atomic E-state index is 10.3. The van der Waals surface area contributed by atoms with Crippen molar-refractivity contribution in [1.82, 2.24) is 0 Å². The van der Waals surface area contributed by atoms with Crippen LogP contribution in [0.15, 0.2) is 12.1 Å². The number of ether oxygens (including phenoxy) is 3. The van der Waals surface area contributed by atoms with Crippen LogP contribution in [0.5, 0.6) is 5.75 Å². The van der Waals surface area contributed by atoms with Crippen molar-refractivity contribution >= 4 is 0 Å². The molecule has 22 heavy (non-hydrogen) atoms. The first kappa shape index (κ1) is 18.9. The third-order valence-electron chi connectivity index (χ3n) is 4.20. The summed E-state index contributed by atoms with van der Waals surface area (Å²) in [6, 6.07) is 3.76. The van der Waals surface area contributed by atoms with Gasteiger partial charge >= 0.3 is 0 Å². The number of phenolic OH excluding ortho intramolecular Hbond substituents is 1. The molecule has 3 unspecified atom stereocenters. The Morgan fingerprint density at radius 3 is 1.73 bits per heavy atom. The van der Waals surface area contributed by atoms with Crippen molar-refractivity contribution < 1.29 is 19.3 Å². The number of rotatable bonds is 9. The highest BCUT2D eigenvalue weighted by Crippen LogP contribution is 2.29. The molecule has 4 heteroatoms. The Kier molecular flexibility index (Phi) is 7.87. The minimum absolute atomic E-state index is 0.0533. The van der Waals surface area contributed by atoms with E-state index >= 15 is 0 Å². The highest BCUT2D eigenvalue weighted by atomic mass is 16.5. The van der Waals surface area contributed by atoms with Gasteiger partial charge in [0.25, 0.3) is 0 Å². The second-order valence-corrected chi connectivity index (χ2v) is 5.95. The summed E-state index contributed by atoms with van der Waals surface area (Å²) in [5.74, 6) is 0.330. The number of phenols is 1. The van der Waals surface area contributed by atoms with Gasteiger partial charge in [0.05, 0.1) is 18.3 Å². The van der Waals surface area contributed by atoms with E-state index < -0.39 is 0 Å². The van der Waals surface area contributed by atoms with E-state index in [9.17, 15) is 5.11 Å². The van der Waals surface area contributed by atoms with Gasteiger partial charge in [-0.25, -0.2) is 0 Å². The lowest BCUT2D eigenvalue weighted by atomic mass is 9.90. The Morgan fingerprint density at radius 1 is 0.773 bits per heavy atom. The Balaban J connectivity index is 3.22.